The van der Waals surface area contributed by atoms with E-state index in [0.29, 0.717) is 15.9 Å². The van der Waals surface area contributed by atoms with E-state index in [2.05, 4.69) is 25.4 Å². The second kappa shape index (κ2) is 10.1. The summed E-state index contributed by atoms with van der Waals surface area (Å²) in [7, 11) is 0. The van der Waals surface area contributed by atoms with Crippen molar-refractivity contribution in [1.29, 1.82) is 0 Å². The average Bonchev–Trinajstić information content (AvgIpc) is 3.23. The Balaban J connectivity index is 1.23. The third kappa shape index (κ3) is 5.59. The van der Waals surface area contributed by atoms with Gasteiger partial charge in [-0.05, 0) is 43.2 Å². The topological polar surface area (TPSA) is 75.9 Å². The lowest BCUT2D eigenvalue weighted by atomic mass is 10.0. The number of thioether (sulfide) groups is 1. The number of nitrogens with zero attached hydrogens (tertiary/aromatic N) is 5. The minimum absolute atomic E-state index is 0.0174. The molecule has 1 N–H and O–H groups in total. The summed E-state index contributed by atoms with van der Waals surface area (Å²) >= 11 is 7.44. The number of hydrogen-bond acceptors (Lipinski definition) is 6. The second-order valence-electron chi connectivity index (χ2n) is 7.19. The van der Waals surface area contributed by atoms with Crippen LogP contribution in [0.15, 0.2) is 60.1 Å². The summed E-state index contributed by atoms with van der Waals surface area (Å²) in [5.74, 6) is 0.316. The molecule has 3 aromatic rings. The van der Waals surface area contributed by atoms with E-state index in [1.54, 1.807) is 6.33 Å². The maximum absolute atomic E-state index is 12.4. The molecule has 1 aliphatic rings. The van der Waals surface area contributed by atoms with Crippen LogP contribution in [0.3, 0.4) is 0 Å². The van der Waals surface area contributed by atoms with Gasteiger partial charge in [0.1, 0.15) is 6.33 Å². The van der Waals surface area contributed by atoms with Gasteiger partial charge in [0.2, 0.25) is 5.91 Å². The fraction of sp³-hybridized carbons (Fsp3) is 0.333. The third-order valence-electron chi connectivity index (χ3n) is 5.00. The first-order valence-electron chi connectivity index (χ1n) is 9.88. The number of likely N-dealkylation sites (tertiary alicyclic amines) is 1. The Morgan fingerprint density at radius 1 is 1.20 bits per heavy atom. The number of carbonyl (C=O) groups excluding carboxylic acids is 1. The molecule has 0 bridgehead atoms. The number of rotatable bonds is 7. The predicted octanol–water partition coefficient (Wildman–Crippen LogP) is 3.19. The Labute approximate surface area is 184 Å². The molecule has 3 heterocycles. The zero-order chi connectivity index (χ0) is 20.8. The molecule has 1 fully saturated rings. The maximum atomic E-state index is 12.4. The largest absolute Gasteiger partial charge is 0.353 e. The van der Waals surface area contributed by atoms with Gasteiger partial charge in [-0.25, -0.2) is 0 Å². The minimum Gasteiger partial charge on any atom is -0.353 e. The van der Waals surface area contributed by atoms with Crippen LogP contribution in [-0.2, 0) is 11.3 Å². The van der Waals surface area contributed by atoms with Crippen LogP contribution in [0.5, 0.6) is 0 Å². The number of piperidine rings is 1. The average molecular weight is 443 g/mol. The van der Waals surface area contributed by atoms with E-state index < -0.39 is 0 Å². The molecule has 0 saturated carbocycles. The number of halogens is 1. The molecule has 156 valence electrons. The van der Waals surface area contributed by atoms with Crippen LogP contribution >= 0.6 is 23.4 Å². The van der Waals surface area contributed by atoms with Crippen LogP contribution in [0.2, 0.25) is 5.02 Å². The Kier molecular flexibility index (Phi) is 6.99. The molecular weight excluding hydrogens is 420 g/mol. The lowest BCUT2D eigenvalue weighted by Gasteiger charge is -2.32. The number of hydrogen-bond donors (Lipinski definition) is 1. The summed E-state index contributed by atoms with van der Waals surface area (Å²) < 4.78 is 1.83. The lowest BCUT2D eigenvalue weighted by molar-refractivity contribution is -0.119. The van der Waals surface area contributed by atoms with Gasteiger partial charge in [-0.15, -0.1) is 10.2 Å². The number of carbonyl (C=O) groups is 1. The number of nitrogens with one attached hydrogen (secondary N) is 1. The van der Waals surface area contributed by atoms with Crippen molar-refractivity contribution < 1.29 is 4.79 Å². The molecule has 1 saturated heterocycles. The van der Waals surface area contributed by atoms with Crippen molar-refractivity contribution in [3.63, 3.8) is 0 Å². The van der Waals surface area contributed by atoms with Gasteiger partial charge in [0, 0.05) is 36.9 Å². The van der Waals surface area contributed by atoms with Crippen LogP contribution in [0.4, 0.5) is 0 Å². The number of benzene rings is 1. The van der Waals surface area contributed by atoms with Crippen LogP contribution < -0.4 is 5.32 Å². The van der Waals surface area contributed by atoms with Gasteiger partial charge in [-0.1, -0.05) is 35.5 Å². The highest BCUT2D eigenvalue weighted by Crippen LogP contribution is 2.22. The summed E-state index contributed by atoms with van der Waals surface area (Å²) in [6, 6.07) is 13.7. The van der Waals surface area contributed by atoms with Gasteiger partial charge in [-0.3, -0.25) is 19.2 Å². The van der Waals surface area contributed by atoms with E-state index in [-0.39, 0.29) is 11.9 Å². The molecular formula is C21H23ClN6OS. The monoisotopic (exact) mass is 442 g/mol. The summed E-state index contributed by atoms with van der Waals surface area (Å²) in [5, 5.41) is 12.6. The molecule has 30 heavy (non-hydrogen) atoms. The van der Waals surface area contributed by atoms with Gasteiger partial charge in [0.25, 0.3) is 0 Å². The van der Waals surface area contributed by atoms with E-state index in [0.717, 1.165) is 43.9 Å². The van der Waals surface area contributed by atoms with Crippen LogP contribution in [0.1, 0.15) is 18.5 Å². The Morgan fingerprint density at radius 2 is 2.07 bits per heavy atom. The molecule has 7 nitrogen and oxygen atoms in total. The van der Waals surface area contributed by atoms with Crippen LogP contribution in [0.25, 0.3) is 5.69 Å². The van der Waals surface area contributed by atoms with E-state index in [1.807, 2.05) is 53.2 Å². The third-order valence-corrected chi connectivity index (χ3v) is 6.18. The Morgan fingerprint density at radius 3 is 2.83 bits per heavy atom. The van der Waals surface area contributed by atoms with Gasteiger partial charge < -0.3 is 5.32 Å². The highest BCUT2D eigenvalue weighted by molar-refractivity contribution is 7.99. The minimum atomic E-state index is 0.0174. The molecule has 0 aliphatic carbocycles. The van der Waals surface area contributed by atoms with Crippen molar-refractivity contribution in [2.45, 2.75) is 30.6 Å². The van der Waals surface area contributed by atoms with Gasteiger partial charge in [0.05, 0.1) is 17.1 Å². The molecule has 1 aliphatic heterocycles. The van der Waals surface area contributed by atoms with E-state index in [4.69, 9.17) is 11.6 Å². The normalized spacial score (nSPS) is 15.2. The molecule has 0 spiro atoms. The van der Waals surface area contributed by atoms with Crippen molar-refractivity contribution in [1.82, 2.24) is 30.0 Å². The molecule has 0 radical (unpaired) electrons. The molecule has 1 aromatic carbocycles. The van der Waals surface area contributed by atoms with E-state index in [9.17, 15) is 4.79 Å². The fourth-order valence-electron chi connectivity index (χ4n) is 3.48. The Bertz CT molecular complexity index is 974. The zero-order valence-corrected chi connectivity index (χ0v) is 18.0. The van der Waals surface area contributed by atoms with Crippen LogP contribution in [-0.4, -0.2) is 55.4 Å². The smallest absolute Gasteiger partial charge is 0.230 e. The molecule has 0 unspecified atom stereocenters. The first-order chi connectivity index (χ1) is 14.7. The first kappa shape index (κ1) is 20.8. The van der Waals surface area contributed by atoms with Crippen molar-refractivity contribution in [2.24, 2.45) is 0 Å². The van der Waals surface area contributed by atoms with Crippen LogP contribution in [0, 0.1) is 0 Å². The predicted molar refractivity (Wildman–Crippen MR) is 118 cm³/mol. The summed E-state index contributed by atoms with van der Waals surface area (Å²) in [6.07, 6.45) is 5.35. The first-order valence-corrected chi connectivity index (χ1v) is 11.2. The maximum Gasteiger partial charge on any atom is 0.230 e. The fourth-order valence-corrected chi connectivity index (χ4v) is 4.41. The summed E-state index contributed by atoms with van der Waals surface area (Å²) in [4.78, 5) is 19.2. The Hall–Kier alpha value is -2.42. The molecule has 4 rings (SSSR count). The lowest BCUT2D eigenvalue weighted by Crippen LogP contribution is -2.44. The highest BCUT2D eigenvalue weighted by Gasteiger charge is 2.21. The quantitative estimate of drug-likeness (QED) is 0.566. The molecule has 2 aromatic heterocycles. The summed E-state index contributed by atoms with van der Waals surface area (Å²) in [5.41, 5.74) is 1.95. The van der Waals surface area contributed by atoms with E-state index >= 15 is 0 Å². The van der Waals surface area contributed by atoms with Crippen molar-refractivity contribution >= 4 is 29.3 Å². The van der Waals surface area contributed by atoms with Gasteiger partial charge in [-0.2, -0.15) is 0 Å². The number of amides is 1. The van der Waals surface area contributed by atoms with Gasteiger partial charge in [0.15, 0.2) is 5.16 Å². The van der Waals surface area contributed by atoms with Gasteiger partial charge >= 0.3 is 0 Å². The SMILES string of the molecule is O=C(CSc1nncn1-c1cccc(Cl)c1)NC1CCN(Cc2ccccn2)CC1. The molecule has 9 heteroatoms. The standard InChI is InChI=1S/C21H23ClN6OS/c22-16-4-3-6-19(12-16)28-15-24-26-21(28)30-14-20(29)25-17-7-10-27(11-8-17)13-18-5-1-2-9-23-18/h1-6,9,12,15,17H,7-8,10-11,13-14H2,(H,25,29). The molecule has 1 amide bonds. The van der Waals surface area contributed by atoms with Crippen molar-refractivity contribution in [3.8, 4) is 5.69 Å². The number of pyridine rings is 1. The number of aromatic nitrogens is 4. The second-order valence-corrected chi connectivity index (χ2v) is 8.57. The summed E-state index contributed by atoms with van der Waals surface area (Å²) in [6.45, 7) is 2.77. The van der Waals surface area contributed by atoms with Crippen molar-refractivity contribution in [2.75, 3.05) is 18.8 Å². The van der Waals surface area contributed by atoms with Crippen molar-refractivity contribution in [3.05, 3.63) is 65.7 Å². The van der Waals surface area contributed by atoms with E-state index in [1.165, 1.54) is 11.8 Å². The molecule has 0 atom stereocenters. The highest BCUT2D eigenvalue weighted by atomic mass is 35.5. The zero-order valence-electron chi connectivity index (χ0n) is 16.4.